The van der Waals surface area contributed by atoms with Crippen molar-refractivity contribution >= 4 is 0 Å². The van der Waals surface area contributed by atoms with E-state index >= 15 is 0 Å². The van der Waals surface area contributed by atoms with E-state index in [4.69, 9.17) is 10.5 Å². The largest absolute Gasteiger partial charge is 0.457 e. The molecule has 0 aliphatic heterocycles. The van der Waals surface area contributed by atoms with Gasteiger partial charge < -0.3 is 10.5 Å². The van der Waals surface area contributed by atoms with Crippen LogP contribution < -0.4 is 10.5 Å². The third-order valence-electron chi connectivity index (χ3n) is 3.78. The molecule has 2 N–H and O–H groups in total. The molecule has 21 heavy (non-hydrogen) atoms. The van der Waals surface area contributed by atoms with Gasteiger partial charge in [-0.1, -0.05) is 38.1 Å². The predicted octanol–water partition coefficient (Wildman–Crippen LogP) is 4.72. The van der Waals surface area contributed by atoms with E-state index in [1.165, 1.54) is 11.1 Å². The van der Waals surface area contributed by atoms with E-state index in [9.17, 15) is 0 Å². The normalized spacial score (nSPS) is 11.0. The van der Waals surface area contributed by atoms with Gasteiger partial charge in [-0.25, -0.2) is 0 Å². The monoisotopic (exact) mass is 283 g/mol. The summed E-state index contributed by atoms with van der Waals surface area (Å²) in [5, 5.41) is 0. The highest BCUT2D eigenvalue weighted by molar-refractivity contribution is 5.44. The summed E-state index contributed by atoms with van der Waals surface area (Å²) in [5.74, 6) is 2.36. The van der Waals surface area contributed by atoms with Crippen LogP contribution in [0.5, 0.6) is 11.5 Å². The quantitative estimate of drug-likeness (QED) is 0.861. The van der Waals surface area contributed by atoms with Crippen LogP contribution in [0.4, 0.5) is 0 Å². The van der Waals surface area contributed by atoms with Crippen molar-refractivity contribution in [3.05, 3.63) is 58.7 Å². The fourth-order valence-corrected chi connectivity index (χ4v) is 2.28. The molecular formula is C19H25NO. The molecule has 2 aromatic carbocycles. The minimum atomic E-state index is 0.498. The average molecular weight is 283 g/mol. The molecule has 0 saturated heterocycles. The molecule has 0 fully saturated rings. The van der Waals surface area contributed by atoms with Crippen LogP contribution in [0.3, 0.4) is 0 Å². The average Bonchev–Trinajstić information content (AvgIpc) is 2.45. The van der Waals surface area contributed by atoms with Gasteiger partial charge in [-0.05, 0) is 67.1 Å². The van der Waals surface area contributed by atoms with Crippen LogP contribution in [0.1, 0.15) is 42.0 Å². The molecule has 0 atom stereocenters. The second-order valence-electron chi connectivity index (χ2n) is 5.92. The van der Waals surface area contributed by atoms with E-state index in [-0.39, 0.29) is 0 Å². The topological polar surface area (TPSA) is 35.2 Å². The molecule has 0 bridgehead atoms. The third-order valence-corrected chi connectivity index (χ3v) is 3.78. The van der Waals surface area contributed by atoms with Crippen molar-refractivity contribution in [2.75, 3.05) is 6.54 Å². The maximum atomic E-state index is 6.18. The molecule has 112 valence electrons. The molecule has 2 nitrogen and oxygen atoms in total. The highest BCUT2D eigenvalue weighted by Crippen LogP contribution is 2.31. The SMILES string of the molecule is Cc1ccc(CCN)cc1Oc1cc(C(C)C)ccc1C. The Morgan fingerprint density at radius 1 is 0.952 bits per heavy atom. The molecule has 0 heterocycles. The summed E-state index contributed by atoms with van der Waals surface area (Å²) < 4.78 is 6.18. The van der Waals surface area contributed by atoms with Gasteiger partial charge in [0.05, 0.1) is 0 Å². The van der Waals surface area contributed by atoms with Crippen LogP contribution in [-0.4, -0.2) is 6.54 Å². The summed E-state index contributed by atoms with van der Waals surface area (Å²) in [6.07, 6.45) is 0.877. The summed E-state index contributed by atoms with van der Waals surface area (Å²) in [6.45, 7) is 9.20. The molecule has 0 saturated carbocycles. The lowest BCUT2D eigenvalue weighted by molar-refractivity contribution is 0.473. The minimum Gasteiger partial charge on any atom is -0.457 e. The zero-order valence-electron chi connectivity index (χ0n) is 13.4. The first-order valence-electron chi connectivity index (χ1n) is 7.59. The zero-order valence-corrected chi connectivity index (χ0v) is 13.4. The van der Waals surface area contributed by atoms with Crippen molar-refractivity contribution < 1.29 is 4.74 Å². The van der Waals surface area contributed by atoms with E-state index in [2.05, 4.69) is 64.1 Å². The zero-order chi connectivity index (χ0) is 15.4. The predicted molar refractivity (Wildman–Crippen MR) is 89.3 cm³/mol. The number of hydrogen-bond acceptors (Lipinski definition) is 2. The second kappa shape index (κ2) is 6.77. The summed E-state index contributed by atoms with van der Waals surface area (Å²) in [4.78, 5) is 0. The first-order chi connectivity index (χ1) is 10.0. The van der Waals surface area contributed by atoms with E-state index in [0.29, 0.717) is 12.5 Å². The van der Waals surface area contributed by atoms with Gasteiger partial charge in [-0.2, -0.15) is 0 Å². The summed E-state index contributed by atoms with van der Waals surface area (Å²) >= 11 is 0. The molecule has 0 aromatic heterocycles. The molecule has 0 spiro atoms. The van der Waals surface area contributed by atoms with Crippen LogP contribution >= 0.6 is 0 Å². The maximum Gasteiger partial charge on any atom is 0.130 e. The Hall–Kier alpha value is -1.80. The van der Waals surface area contributed by atoms with Gasteiger partial charge >= 0.3 is 0 Å². The second-order valence-corrected chi connectivity index (χ2v) is 5.92. The molecule has 2 heteroatoms. The number of benzene rings is 2. The number of nitrogens with two attached hydrogens (primary N) is 1. The van der Waals surface area contributed by atoms with Crippen molar-refractivity contribution in [2.45, 2.75) is 40.0 Å². The first-order valence-corrected chi connectivity index (χ1v) is 7.59. The lowest BCUT2D eigenvalue weighted by atomic mass is 10.0. The lowest BCUT2D eigenvalue weighted by Gasteiger charge is -2.15. The Kier molecular flexibility index (Phi) is 5.03. The summed E-state index contributed by atoms with van der Waals surface area (Å²) in [5.41, 5.74) is 10.5. The number of rotatable bonds is 5. The van der Waals surface area contributed by atoms with Gasteiger partial charge in [-0.15, -0.1) is 0 Å². The van der Waals surface area contributed by atoms with Crippen molar-refractivity contribution in [1.29, 1.82) is 0 Å². The first kappa shape index (κ1) is 15.6. The maximum absolute atomic E-state index is 6.18. The fourth-order valence-electron chi connectivity index (χ4n) is 2.28. The summed E-state index contributed by atoms with van der Waals surface area (Å²) in [6, 6.07) is 12.8. The van der Waals surface area contributed by atoms with Crippen molar-refractivity contribution in [3.8, 4) is 11.5 Å². The molecule has 0 aliphatic rings. The van der Waals surface area contributed by atoms with Crippen LogP contribution in [-0.2, 0) is 6.42 Å². The Morgan fingerprint density at radius 2 is 1.57 bits per heavy atom. The van der Waals surface area contributed by atoms with Gasteiger partial charge in [0.1, 0.15) is 11.5 Å². The molecule has 2 aromatic rings. The van der Waals surface area contributed by atoms with Crippen LogP contribution in [0.15, 0.2) is 36.4 Å². The Bertz CT molecular complexity index is 617. The van der Waals surface area contributed by atoms with Crippen LogP contribution in [0.2, 0.25) is 0 Å². The molecule has 0 aliphatic carbocycles. The van der Waals surface area contributed by atoms with Gasteiger partial charge in [0.15, 0.2) is 0 Å². The van der Waals surface area contributed by atoms with E-state index < -0.39 is 0 Å². The highest BCUT2D eigenvalue weighted by atomic mass is 16.5. The molecular weight excluding hydrogens is 258 g/mol. The molecule has 0 unspecified atom stereocenters. The Morgan fingerprint density at radius 3 is 2.19 bits per heavy atom. The standard InChI is InChI=1S/C19H25NO/c1-13(2)17-8-6-15(4)19(12-17)21-18-11-16(9-10-20)7-5-14(18)3/h5-8,11-13H,9-10,20H2,1-4H3. The van der Waals surface area contributed by atoms with Gasteiger partial charge in [0.2, 0.25) is 0 Å². The third kappa shape index (κ3) is 3.85. The lowest BCUT2D eigenvalue weighted by Crippen LogP contribution is -2.03. The summed E-state index contributed by atoms with van der Waals surface area (Å²) in [7, 11) is 0. The van der Waals surface area contributed by atoms with E-state index in [0.717, 1.165) is 29.0 Å². The van der Waals surface area contributed by atoms with E-state index in [1.54, 1.807) is 0 Å². The molecule has 0 radical (unpaired) electrons. The number of hydrogen-bond donors (Lipinski definition) is 1. The smallest absolute Gasteiger partial charge is 0.130 e. The van der Waals surface area contributed by atoms with Crippen molar-refractivity contribution in [3.63, 3.8) is 0 Å². The van der Waals surface area contributed by atoms with Crippen LogP contribution in [0.25, 0.3) is 0 Å². The Labute approximate surface area is 127 Å². The van der Waals surface area contributed by atoms with Gasteiger partial charge in [0, 0.05) is 0 Å². The molecule has 0 amide bonds. The highest BCUT2D eigenvalue weighted by Gasteiger charge is 2.08. The fraction of sp³-hybridized carbons (Fsp3) is 0.368. The molecule has 2 rings (SSSR count). The van der Waals surface area contributed by atoms with Crippen molar-refractivity contribution in [1.82, 2.24) is 0 Å². The minimum absolute atomic E-state index is 0.498. The van der Waals surface area contributed by atoms with Crippen molar-refractivity contribution in [2.24, 2.45) is 5.73 Å². The van der Waals surface area contributed by atoms with E-state index in [1.807, 2.05) is 0 Å². The Balaban J connectivity index is 2.33. The van der Waals surface area contributed by atoms with Gasteiger partial charge in [0.25, 0.3) is 0 Å². The van der Waals surface area contributed by atoms with Gasteiger partial charge in [-0.3, -0.25) is 0 Å². The number of aryl methyl sites for hydroxylation is 2. The number of ether oxygens (including phenoxy) is 1. The van der Waals surface area contributed by atoms with Crippen LogP contribution in [0, 0.1) is 13.8 Å².